The Morgan fingerprint density at radius 1 is 1.35 bits per heavy atom. The van der Waals surface area contributed by atoms with Gasteiger partial charge < -0.3 is 11.1 Å². The van der Waals surface area contributed by atoms with E-state index < -0.39 is 0 Å². The summed E-state index contributed by atoms with van der Waals surface area (Å²) in [7, 11) is 0. The smallest absolute Gasteiger partial charge is 0.251 e. The van der Waals surface area contributed by atoms with Gasteiger partial charge in [0.2, 0.25) is 0 Å². The van der Waals surface area contributed by atoms with Crippen LogP contribution in [0.2, 0.25) is 0 Å². The van der Waals surface area contributed by atoms with Crippen LogP contribution >= 0.6 is 11.8 Å². The first kappa shape index (κ1) is 14.3. The largest absolute Gasteiger partial charge is 0.398 e. The Hall–Kier alpha value is -2.08. The molecule has 0 bridgehead atoms. The van der Waals surface area contributed by atoms with Gasteiger partial charge in [-0.05, 0) is 49.4 Å². The van der Waals surface area contributed by atoms with Crippen molar-refractivity contribution in [3.05, 3.63) is 41.7 Å². The fourth-order valence-electron chi connectivity index (χ4n) is 1.56. The lowest BCUT2D eigenvalue weighted by molar-refractivity contribution is 0.0955. The molecule has 0 saturated carbocycles. The van der Waals surface area contributed by atoms with E-state index in [-0.39, 0.29) is 5.91 Å². The van der Waals surface area contributed by atoms with E-state index in [9.17, 15) is 4.79 Å². The van der Waals surface area contributed by atoms with Crippen LogP contribution in [0.3, 0.4) is 0 Å². The predicted octanol–water partition coefficient (Wildman–Crippen LogP) is 2.27. The summed E-state index contributed by atoms with van der Waals surface area (Å²) in [5, 5.41) is 3.37. The maximum Gasteiger partial charge on any atom is 0.251 e. The van der Waals surface area contributed by atoms with E-state index in [1.54, 1.807) is 30.6 Å². The lowest BCUT2D eigenvalue weighted by Gasteiger charge is -2.07. The van der Waals surface area contributed by atoms with Gasteiger partial charge in [0.1, 0.15) is 0 Å². The SMILES string of the molecule is CCNC(=O)c1ccc(N)c(Sc2ncc(C)cn2)c1. The van der Waals surface area contributed by atoms with Gasteiger partial charge in [-0.1, -0.05) is 0 Å². The monoisotopic (exact) mass is 288 g/mol. The van der Waals surface area contributed by atoms with Gasteiger partial charge in [-0.25, -0.2) is 9.97 Å². The lowest BCUT2D eigenvalue weighted by Crippen LogP contribution is -2.22. The zero-order chi connectivity index (χ0) is 14.5. The molecule has 0 fully saturated rings. The predicted molar refractivity (Wildman–Crippen MR) is 79.8 cm³/mol. The third-order valence-corrected chi connectivity index (χ3v) is 3.54. The number of amides is 1. The molecule has 0 aliphatic carbocycles. The molecule has 0 unspecified atom stereocenters. The molecule has 2 rings (SSSR count). The number of aromatic nitrogens is 2. The molecular weight excluding hydrogens is 272 g/mol. The summed E-state index contributed by atoms with van der Waals surface area (Å²) < 4.78 is 0. The molecular formula is C14H16N4OS. The number of anilines is 1. The maximum atomic E-state index is 11.8. The van der Waals surface area contributed by atoms with Crippen LogP contribution < -0.4 is 11.1 Å². The summed E-state index contributed by atoms with van der Waals surface area (Å²) >= 11 is 1.35. The fraction of sp³-hybridized carbons (Fsp3) is 0.214. The normalized spacial score (nSPS) is 10.3. The Morgan fingerprint density at radius 3 is 2.70 bits per heavy atom. The molecule has 1 heterocycles. The van der Waals surface area contributed by atoms with Crippen molar-refractivity contribution in [2.24, 2.45) is 0 Å². The third kappa shape index (κ3) is 3.48. The number of carbonyl (C=O) groups excluding carboxylic acids is 1. The van der Waals surface area contributed by atoms with E-state index in [0.717, 1.165) is 10.5 Å². The average Bonchev–Trinajstić information content (AvgIpc) is 2.44. The van der Waals surface area contributed by atoms with Gasteiger partial charge in [-0.3, -0.25) is 4.79 Å². The van der Waals surface area contributed by atoms with E-state index in [1.165, 1.54) is 11.8 Å². The van der Waals surface area contributed by atoms with Crippen LogP contribution in [0.5, 0.6) is 0 Å². The van der Waals surface area contributed by atoms with Crippen molar-refractivity contribution in [2.45, 2.75) is 23.9 Å². The number of rotatable bonds is 4. The second kappa shape index (κ2) is 6.38. The first-order chi connectivity index (χ1) is 9.60. The van der Waals surface area contributed by atoms with Crippen LogP contribution in [0.1, 0.15) is 22.8 Å². The van der Waals surface area contributed by atoms with Crippen molar-refractivity contribution in [1.82, 2.24) is 15.3 Å². The molecule has 1 aromatic heterocycles. The average molecular weight is 288 g/mol. The number of aryl methyl sites for hydroxylation is 1. The Morgan fingerprint density at radius 2 is 2.05 bits per heavy atom. The van der Waals surface area contributed by atoms with Gasteiger partial charge in [0.15, 0.2) is 5.16 Å². The number of benzene rings is 1. The molecule has 5 nitrogen and oxygen atoms in total. The minimum Gasteiger partial charge on any atom is -0.398 e. The number of carbonyl (C=O) groups is 1. The highest BCUT2D eigenvalue weighted by atomic mass is 32.2. The highest BCUT2D eigenvalue weighted by molar-refractivity contribution is 7.99. The highest BCUT2D eigenvalue weighted by Crippen LogP contribution is 2.30. The minimum atomic E-state index is -0.112. The van der Waals surface area contributed by atoms with Gasteiger partial charge in [0.25, 0.3) is 5.91 Å². The van der Waals surface area contributed by atoms with E-state index in [2.05, 4.69) is 15.3 Å². The Balaban J connectivity index is 2.24. The van der Waals surface area contributed by atoms with Crippen LogP contribution in [0.15, 0.2) is 40.6 Å². The fourth-order valence-corrected chi connectivity index (χ4v) is 2.34. The third-order valence-electron chi connectivity index (χ3n) is 2.57. The Bertz CT molecular complexity index is 613. The molecule has 20 heavy (non-hydrogen) atoms. The number of nitrogen functional groups attached to an aromatic ring is 1. The van der Waals surface area contributed by atoms with Crippen molar-refractivity contribution < 1.29 is 4.79 Å². The first-order valence-electron chi connectivity index (χ1n) is 6.24. The van der Waals surface area contributed by atoms with Crippen molar-refractivity contribution in [3.8, 4) is 0 Å². The number of nitrogens with two attached hydrogens (primary N) is 1. The van der Waals surface area contributed by atoms with Crippen molar-refractivity contribution >= 4 is 23.4 Å². The number of hydrogen-bond acceptors (Lipinski definition) is 5. The molecule has 1 aromatic carbocycles. The van der Waals surface area contributed by atoms with Crippen molar-refractivity contribution in [3.63, 3.8) is 0 Å². The quantitative estimate of drug-likeness (QED) is 0.666. The summed E-state index contributed by atoms with van der Waals surface area (Å²) in [6.45, 7) is 4.40. The van der Waals surface area contributed by atoms with E-state index in [0.29, 0.717) is 23.0 Å². The van der Waals surface area contributed by atoms with Crippen LogP contribution in [0.4, 0.5) is 5.69 Å². The van der Waals surface area contributed by atoms with E-state index >= 15 is 0 Å². The van der Waals surface area contributed by atoms with Crippen molar-refractivity contribution in [2.75, 3.05) is 12.3 Å². The van der Waals surface area contributed by atoms with Gasteiger partial charge in [0.05, 0.1) is 0 Å². The molecule has 0 aliphatic rings. The molecule has 6 heteroatoms. The highest BCUT2D eigenvalue weighted by Gasteiger charge is 2.10. The molecule has 0 saturated heterocycles. The summed E-state index contributed by atoms with van der Waals surface area (Å²) in [6.07, 6.45) is 3.50. The van der Waals surface area contributed by atoms with Crippen LogP contribution in [-0.2, 0) is 0 Å². The first-order valence-corrected chi connectivity index (χ1v) is 7.06. The maximum absolute atomic E-state index is 11.8. The molecule has 0 atom stereocenters. The second-order valence-electron chi connectivity index (χ2n) is 4.26. The van der Waals surface area contributed by atoms with Gasteiger partial charge >= 0.3 is 0 Å². The molecule has 2 aromatic rings. The van der Waals surface area contributed by atoms with Crippen LogP contribution in [0.25, 0.3) is 0 Å². The number of hydrogen-bond donors (Lipinski definition) is 2. The minimum absolute atomic E-state index is 0.112. The van der Waals surface area contributed by atoms with Crippen molar-refractivity contribution in [1.29, 1.82) is 0 Å². The van der Waals surface area contributed by atoms with Gasteiger partial charge in [0, 0.05) is 35.1 Å². The molecule has 3 N–H and O–H groups in total. The molecule has 0 spiro atoms. The zero-order valence-electron chi connectivity index (χ0n) is 11.4. The summed E-state index contributed by atoms with van der Waals surface area (Å²) in [6, 6.07) is 5.19. The zero-order valence-corrected chi connectivity index (χ0v) is 12.2. The standard InChI is InChI=1S/C14H16N4OS/c1-3-16-13(19)10-4-5-11(15)12(6-10)20-14-17-7-9(2)8-18-14/h4-8H,3,15H2,1-2H3,(H,16,19). The van der Waals surface area contributed by atoms with E-state index in [4.69, 9.17) is 5.73 Å². The molecule has 104 valence electrons. The molecule has 0 radical (unpaired) electrons. The number of nitrogens with one attached hydrogen (secondary N) is 1. The van der Waals surface area contributed by atoms with Crippen LogP contribution in [-0.4, -0.2) is 22.4 Å². The summed E-state index contributed by atoms with van der Waals surface area (Å²) in [5.41, 5.74) is 8.11. The Kier molecular flexibility index (Phi) is 4.57. The van der Waals surface area contributed by atoms with E-state index in [1.807, 2.05) is 13.8 Å². The molecule has 1 amide bonds. The second-order valence-corrected chi connectivity index (χ2v) is 5.27. The lowest BCUT2D eigenvalue weighted by atomic mass is 10.2. The topological polar surface area (TPSA) is 80.9 Å². The molecule has 0 aliphatic heterocycles. The summed E-state index contributed by atoms with van der Waals surface area (Å²) in [4.78, 5) is 21.0. The summed E-state index contributed by atoms with van der Waals surface area (Å²) in [5.74, 6) is -0.112. The van der Waals surface area contributed by atoms with Crippen LogP contribution in [0, 0.1) is 6.92 Å². The van der Waals surface area contributed by atoms with Gasteiger partial charge in [-0.15, -0.1) is 0 Å². The Labute approximate surface area is 122 Å². The van der Waals surface area contributed by atoms with Gasteiger partial charge in [-0.2, -0.15) is 0 Å². The number of nitrogens with zero attached hydrogens (tertiary/aromatic N) is 2.